The van der Waals surface area contributed by atoms with Crippen molar-refractivity contribution in [2.45, 2.75) is 83.7 Å². The van der Waals surface area contributed by atoms with E-state index in [1.165, 1.54) is 22.1 Å². The number of carbonyl (C=O) groups excluding carboxylic acids is 1. The molecule has 1 aliphatic heterocycles. The summed E-state index contributed by atoms with van der Waals surface area (Å²) in [6, 6.07) is 11.8. The fourth-order valence-corrected chi connectivity index (χ4v) is 9.60. The molecule has 14 nitrogen and oxygen atoms in total. The van der Waals surface area contributed by atoms with Crippen molar-refractivity contribution in [3.63, 3.8) is 0 Å². The van der Waals surface area contributed by atoms with E-state index in [-0.39, 0.29) is 65.1 Å². The van der Waals surface area contributed by atoms with E-state index in [0.717, 1.165) is 37.3 Å². The van der Waals surface area contributed by atoms with Crippen molar-refractivity contribution in [3.05, 3.63) is 65.1 Å². The number of nitrogens with two attached hydrogens (primary N) is 1. The van der Waals surface area contributed by atoms with Gasteiger partial charge in [-0.05, 0) is 60.4 Å². The molecule has 0 aliphatic carbocycles. The molecule has 0 saturated carbocycles. The number of pyridine rings is 1. The van der Waals surface area contributed by atoms with Crippen LogP contribution in [0.5, 0.6) is 5.75 Å². The maximum atomic E-state index is 15.9. The SMILES string of the molecule is CN(c1ccccc1CNc1nc(-c2cc(F)c(OCOCC[Si](C)(C)C)cc2CC(F)(F)F)cc2c1c(C(N)=O)nn2COCC[Si](C)(C)C)S(=O)(=O)CCCN1CCOCC1. The van der Waals surface area contributed by atoms with E-state index in [9.17, 15) is 26.4 Å². The van der Waals surface area contributed by atoms with E-state index in [1.807, 2.05) is 0 Å². The van der Waals surface area contributed by atoms with Gasteiger partial charge in [0.25, 0.3) is 5.91 Å². The predicted molar refractivity (Wildman–Crippen MR) is 243 cm³/mol. The summed E-state index contributed by atoms with van der Waals surface area (Å²) in [6.07, 6.45) is -5.73. The number of hydrogen-bond acceptors (Lipinski definition) is 11. The van der Waals surface area contributed by atoms with Gasteiger partial charge in [0.15, 0.2) is 24.1 Å². The molecule has 2 aromatic heterocycles. The maximum Gasteiger partial charge on any atom is 0.393 e. The average molecular weight is 940 g/mol. The summed E-state index contributed by atoms with van der Waals surface area (Å²) in [5.41, 5.74) is 6.22. The first-order valence-electron chi connectivity index (χ1n) is 21.0. The van der Waals surface area contributed by atoms with E-state index < -0.39 is 56.2 Å². The van der Waals surface area contributed by atoms with E-state index in [0.29, 0.717) is 50.6 Å². The first-order valence-corrected chi connectivity index (χ1v) is 30.0. The molecule has 21 heteroatoms. The molecular formula is C42H61F4N7O7SSi2. The highest BCUT2D eigenvalue weighted by Gasteiger charge is 2.32. The molecule has 0 unspecified atom stereocenters. The number of nitrogens with one attached hydrogen (secondary N) is 1. The van der Waals surface area contributed by atoms with Crippen molar-refractivity contribution in [2.75, 3.05) is 75.3 Å². The summed E-state index contributed by atoms with van der Waals surface area (Å²) < 4.78 is 111. The lowest BCUT2D eigenvalue weighted by atomic mass is 9.99. The van der Waals surface area contributed by atoms with E-state index >= 15 is 4.39 Å². The van der Waals surface area contributed by atoms with Gasteiger partial charge in [0.05, 0.1) is 47.7 Å². The van der Waals surface area contributed by atoms with Gasteiger partial charge >= 0.3 is 6.18 Å². The molecule has 0 atom stereocenters. The maximum absolute atomic E-state index is 15.9. The second kappa shape index (κ2) is 21.2. The van der Waals surface area contributed by atoms with Crippen molar-refractivity contribution >= 4 is 54.5 Å². The zero-order chi connectivity index (χ0) is 46.2. The van der Waals surface area contributed by atoms with Crippen LogP contribution in [0.3, 0.4) is 0 Å². The fraction of sp³-hybridized carbons (Fsp3) is 0.548. The van der Waals surface area contributed by atoms with Gasteiger partial charge in [-0.1, -0.05) is 57.5 Å². The highest BCUT2D eigenvalue weighted by molar-refractivity contribution is 7.92. The second-order valence-electron chi connectivity index (χ2n) is 18.1. The number of halogens is 4. The Hall–Kier alpha value is -4.13. The molecule has 1 saturated heterocycles. The van der Waals surface area contributed by atoms with Gasteiger partial charge in [-0.25, -0.2) is 22.5 Å². The van der Waals surface area contributed by atoms with Crippen LogP contribution in [0.4, 0.5) is 29.1 Å². The van der Waals surface area contributed by atoms with Gasteiger partial charge in [-0.2, -0.15) is 18.3 Å². The molecule has 63 heavy (non-hydrogen) atoms. The zero-order valence-corrected chi connectivity index (χ0v) is 40.1. The number of ether oxygens (including phenoxy) is 4. The van der Waals surface area contributed by atoms with Gasteiger partial charge in [-0.15, -0.1) is 0 Å². The van der Waals surface area contributed by atoms with Crippen molar-refractivity contribution in [3.8, 4) is 17.0 Å². The Bertz CT molecular complexity index is 2300. The minimum atomic E-state index is -4.70. The summed E-state index contributed by atoms with van der Waals surface area (Å²) in [5.74, 6) is -2.37. The number of aromatic nitrogens is 3. The summed E-state index contributed by atoms with van der Waals surface area (Å²) >= 11 is 0. The second-order valence-corrected chi connectivity index (χ2v) is 31.5. The van der Waals surface area contributed by atoms with Gasteiger partial charge in [0, 0.05) is 61.6 Å². The Balaban J connectivity index is 1.54. The number of hydrogen-bond donors (Lipinski definition) is 2. The first-order chi connectivity index (χ1) is 29.5. The normalized spacial score (nSPS) is 14.3. The summed E-state index contributed by atoms with van der Waals surface area (Å²) in [5, 5.41) is 7.79. The third kappa shape index (κ3) is 14.7. The quantitative estimate of drug-likeness (QED) is 0.0327. The van der Waals surface area contributed by atoms with E-state index in [4.69, 9.17) is 29.7 Å². The average Bonchev–Trinajstić information content (AvgIpc) is 3.57. The van der Waals surface area contributed by atoms with Gasteiger partial charge in [0.2, 0.25) is 10.0 Å². The number of sulfonamides is 1. The van der Waals surface area contributed by atoms with Crippen LogP contribution in [0, 0.1) is 5.82 Å². The summed E-state index contributed by atoms with van der Waals surface area (Å²) in [6.45, 7) is 16.5. The van der Waals surface area contributed by atoms with Crippen molar-refractivity contribution in [2.24, 2.45) is 5.73 Å². The topological polar surface area (TPSA) is 163 Å². The number of amides is 1. The zero-order valence-electron chi connectivity index (χ0n) is 37.2. The predicted octanol–water partition coefficient (Wildman–Crippen LogP) is 7.54. The van der Waals surface area contributed by atoms with Gasteiger partial charge in [-0.3, -0.25) is 14.0 Å². The number of primary amides is 1. The molecule has 0 spiro atoms. The van der Waals surface area contributed by atoms with Crippen LogP contribution in [-0.4, -0.2) is 122 Å². The summed E-state index contributed by atoms with van der Waals surface area (Å²) in [4.78, 5) is 19.8. The Kier molecular flexibility index (Phi) is 16.8. The minimum absolute atomic E-state index is 0.00929. The number of morpholine rings is 1. The van der Waals surface area contributed by atoms with Crippen LogP contribution in [0.25, 0.3) is 22.2 Å². The number of alkyl halides is 3. The molecule has 1 fully saturated rings. The van der Waals surface area contributed by atoms with Crippen molar-refractivity contribution in [1.29, 1.82) is 0 Å². The highest BCUT2D eigenvalue weighted by Crippen LogP contribution is 2.37. The number of fused-ring (bicyclic) bond motifs is 1. The highest BCUT2D eigenvalue weighted by atomic mass is 32.2. The molecule has 0 bridgehead atoms. The largest absolute Gasteiger partial charge is 0.464 e. The lowest BCUT2D eigenvalue weighted by molar-refractivity contribution is -0.127. The molecule has 348 valence electrons. The lowest BCUT2D eigenvalue weighted by Crippen LogP contribution is -2.38. The monoisotopic (exact) mass is 939 g/mol. The van der Waals surface area contributed by atoms with E-state index in [1.54, 1.807) is 24.3 Å². The van der Waals surface area contributed by atoms with Crippen LogP contribution in [0.2, 0.25) is 51.4 Å². The fourth-order valence-electron chi connectivity index (χ4n) is 6.84. The number of nitrogens with zero attached hydrogens (tertiary/aromatic N) is 5. The Morgan fingerprint density at radius 2 is 1.65 bits per heavy atom. The minimum Gasteiger partial charge on any atom is -0.464 e. The summed E-state index contributed by atoms with van der Waals surface area (Å²) in [7, 11) is -5.24. The van der Waals surface area contributed by atoms with Crippen LogP contribution in [-0.2, 0) is 43.9 Å². The molecule has 0 radical (unpaired) electrons. The van der Waals surface area contributed by atoms with E-state index in [2.05, 4.69) is 54.6 Å². The molecular weight excluding hydrogens is 879 g/mol. The van der Waals surface area contributed by atoms with Crippen LogP contribution >= 0.6 is 0 Å². The van der Waals surface area contributed by atoms with Crippen LogP contribution in [0.1, 0.15) is 28.0 Å². The Labute approximate surface area is 369 Å². The number of anilines is 2. The number of carbonyl (C=O) groups is 1. The smallest absolute Gasteiger partial charge is 0.393 e. The van der Waals surface area contributed by atoms with Crippen molar-refractivity contribution < 1.29 is 49.7 Å². The number of para-hydroxylation sites is 1. The van der Waals surface area contributed by atoms with Crippen molar-refractivity contribution in [1.82, 2.24) is 19.7 Å². The van der Waals surface area contributed by atoms with Crippen LogP contribution in [0.15, 0.2) is 42.5 Å². The molecule has 2 aromatic carbocycles. The lowest BCUT2D eigenvalue weighted by Gasteiger charge is -2.27. The molecule has 5 rings (SSSR count). The third-order valence-electron chi connectivity index (χ3n) is 10.5. The molecule has 4 aromatic rings. The standard InChI is InChI=1S/C42H61F4N7O7SSi2/c1-51(61(55,56)20-10-13-52-14-16-57-17-15-52)35-12-9-8-11-30(35)27-48-41-38-36(53(50-39(38)40(47)54)28-58-18-21-62(2,3)4)25-34(49-41)32-24-33(43)37(23-31(32)26-42(44,45)46)60-29-59-19-22-63(5,6)7/h8-9,11-12,23-25H,10,13-22,26-29H2,1-7H3,(H2,47,54)(H,48,49). The molecule has 1 aliphatic rings. The Morgan fingerprint density at radius 3 is 2.30 bits per heavy atom. The molecule has 3 heterocycles. The number of benzene rings is 2. The third-order valence-corrected chi connectivity index (χ3v) is 15.7. The van der Waals surface area contributed by atoms with Gasteiger partial charge < -0.3 is 30.0 Å². The van der Waals surface area contributed by atoms with Crippen LogP contribution < -0.4 is 20.1 Å². The molecule has 3 N–H and O–H groups in total. The first kappa shape index (κ1) is 49.9. The number of rotatable bonds is 23. The molecule has 1 amide bonds. The Morgan fingerprint density at radius 1 is 0.984 bits per heavy atom. The van der Waals surface area contributed by atoms with Gasteiger partial charge in [0.1, 0.15) is 12.5 Å².